The number of guanidine groups is 1. The van der Waals surface area contributed by atoms with Crippen molar-refractivity contribution in [2.45, 2.75) is 31.2 Å². The van der Waals surface area contributed by atoms with Gasteiger partial charge >= 0.3 is 0 Å². The van der Waals surface area contributed by atoms with Crippen molar-refractivity contribution in [1.82, 2.24) is 10.6 Å². The van der Waals surface area contributed by atoms with Crippen LogP contribution in [0.3, 0.4) is 0 Å². The van der Waals surface area contributed by atoms with Crippen molar-refractivity contribution < 1.29 is 13.5 Å². The van der Waals surface area contributed by atoms with Crippen LogP contribution >= 0.6 is 24.0 Å². The Morgan fingerprint density at radius 3 is 2.75 bits per heavy atom. The molecule has 2 atom stereocenters. The van der Waals surface area contributed by atoms with Crippen LogP contribution in [0.2, 0.25) is 0 Å². The molecule has 4 nitrogen and oxygen atoms in total. The number of hydrogen-bond acceptors (Lipinski definition) is 2. The van der Waals surface area contributed by atoms with Crippen LogP contribution in [-0.4, -0.2) is 32.2 Å². The summed E-state index contributed by atoms with van der Waals surface area (Å²) in [4.78, 5) is 4.22. The van der Waals surface area contributed by atoms with Crippen LogP contribution in [0.15, 0.2) is 41.4 Å². The predicted octanol–water partition coefficient (Wildman–Crippen LogP) is 3.78. The summed E-state index contributed by atoms with van der Waals surface area (Å²) in [7, 11) is 1.70. The first-order chi connectivity index (χ1) is 13.2. The summed E-state index contributed by atoms with van der Waals surface area (Å²) in [6, 6.07) is 10.3. The third-order valence-electron chi connectivity index (χ3n) is 5.17. The fourth-order valence-electron chi connectivity index (χ4n) is 3.63. The van der Waals surface area contributed by atoms with Crippen LogP contribution < -0.4 is 15.4 Å². The van der Waals surface area contributed by atoms with Crippen molar-refractivity contribution >= 4 is 29.9 Å². The number of ether oxygens (including phenoxy) is 1. The molecule has 2 aliphatic rings. The first-order valence-electron chi connectivity index (χ1n) is 9.31. The minimum Gasteiger partial charge on any atom is -0.493 e. The Labute approximate surface area is 180 Å². The van der Waals surface area contributed by atoms with E-state index < -0.39 is 11.6 Å². The molecule has 2 N–H and O–H groups in total. The highest BCUT2D eigenvalue weighted by Crippen LogP contribution is 2.43. The summed E-state index contributed by atoms with van der Waals surface area (Å²) < 4.78 is 33.3. The van der Waals surface area contributed by atoms with Crippen molar-refractivity contribution in [1.29, 1.82) is 0 Å². The zero-order valence-corrected chi connectivity index (χ0v) is 18.0. The number of nitrogens with zero attached hydrogens (tertiary/aromatic N) is 1. The lowest BCUT2D eigenvalue weighted by molar-refractivity contribution is 0.357. The zero-order valence-electron chi connectivity index (χ0n) is 15.7. The van der Waals surface area contributed by atoms with Gasteiger partial charge in [-0.15, -0.1) is 24.0 Å². The standard InChI is InChI=1S/C21H23F2N3O.HI/c1-24-21(25-9-7-13-5-6-19-14(11-13)8-10-27-19)26-18-12-15(18)20-16(22)3-2-4-17(20)23;/h2-6,11,15,18H,7-10,12H2,1H3,(H2,24,25,26);1H. The third-order valence-corrected chi connectivity index (χ3v) is 5.17. The lowest BCUT2D eigenvalue weighted by Gasteiger charge is -2.12. The minimum atomic E-state index is -0.479. The van der Waals surface area contributed by atoms with Gasteiger partial charge in [-0.05, 0) is 42.2 Å². The molecule has 1 aliphatic heterocycles. The largest absolute Gasteiger partial charge is 0.493 e. The molecular weight excluding hydrogens is 475 g/mol. The molecule has 0 amide bonds. The van der Waals surface area contributed by atoms with E-state index in [2.05, 4.69) is 27.8 Å². The maximum absolute atomic E-state index is 13.9. The van der Waals surface area contributed by atoms with E-state index in [-0.39, 0.29) is 41.5 Å². The Kier molecular flexibility index (Phi) is 6.74. The number of nitrogens with one attached hydrogen (secondary N) is 2. The van der Waals surface area contributed by atoms with Crippen molar-refractivity contribution in [2.24, 2.45) is 4.99 Å². The Bertz CT molecular complexity index is 854. The van der Waals surface area contributed by atoms with Gasteiger partial charge < -0.3 is 15.4 Å². The second kappa shape index (κ2) is 9.07. The lowest BCUT2D eigenvalue weighted by atomic mass is 10.1. The van der Waals surface area contributed by atoms with Crippen molar-refractivity contribution in [3.8, 4) is 5.75 Å². The fraction of sp³-hybridized carbons (Fsp3) is 0.381. The average Bonchev–Trinajstić information content (AvgIpc) is 3.23. The summed E-state index contributed by atoms with van der Waals surface area (Å²) in [5, 5.41) is 6.54. The van der Waals surface area contributed by atoms with Crippen molar-refractivity contribution in [3.05, 3.63) is 64.7 Å². The quantitative estimate of drug-likeness (QED) is 0.374. The normalized spacial score (nSPS) is 20.0. The number of halogens is 3. The van der Waals surface area contributed by atoms with Gasteiger partial charge in [0.05, 0.1) is 6.61 Å². The molecule has 1 heterocycles. The Balaban J connectivity index is 0.00000225. The topological polar surface area (TPSA) is 45.7 Å². The third kappa shape index (κ3) is 4.56. The van der Waals surface area contributed by atoms with Crippen LogP contribution in [0.4, 0.5) is 8.78 Å². The molecule has 7 heteroatoms. The van der Waals surface area contributed by atoms with Gasteiger partial charge in [-0.3, -0.25) is 4.99 Å². The number of fused-ring (bicyclic) bond motifs is 1. The van der Waals surface area contributed by atoms with E-state index >= 15 is 0 Å². The lowest BCUT2D eigenvalue weighted by Crippen LogP contribution is -2.40. The Morgan fingerprint density at radius 2 is 2.00 bits per heavy atom. The molecule has 0 saturated heterocycles. The van der Waals surface area contributed by atoms with Crippen LogP contribution in [0.5, 0.6) is 5.75 Å². The van der Waals surface area contributed by atoms with Crippen LogP contribution in [0, 0.1) is 11.6 Å². The second-order valence-electron chi connectivity index (χ2n) is 7.02. The Morgan fingerprint density at radius 1 is 1.21 bits per heavy atom. The molecule has 28 heavy (non-hydrogen) atoms. The number of benzene rings is 2. The predicted molar refractivity (Wildman–Crippen MR) is 117 cm³/mol. The summed E-state index contributed by atoms with van der Waals surface area (Å²) >= 11 is 0. The molecule has 2 unspecified atom stereocenters. The zero-order chi connectivity index (χ0) is 18.8. The number of aliphatic imine (C=N–C) groups is 1. The molecule has 1 aliphatic carbocycles. The van der Waals surface area contributed by atoms with Gasteiger partial charge in [0.2, 0.25) is 0 Å². The number of hydrogen-bond donors (Lipinski definition) is 2. The van der Waals surface area contributed by atoms with Gasteiger partial charge in [0, 0.05) is 37.5 Å². The minimum absolute atomic E-state index is 0. The molecule has 0 radical (unpaired) electrons. The maximum Gasteiger partial charge on any atom is 0.191 e. The van der Waals surface area contributed by atoms with E-state index in [1.165, 1.54) is 29.3 Å². The van der Waals surface area contributed by atoms with Crippen LogP contribution in [0.25, 0.3) is 0 Å². The first kappa shape index (κ1) is 20.8. The van der Waals surface area contributed by atoms with Crippen molar-refractivity contribution in [3.63, 3.8) is 0 Å². The molecule has 4 rings (SSSR count). The molecular formula is C21H24F2IN3O. The van der Waals surface area contributed by atoms with E-state index in [0.29, 0.717) is 12.4 Å². The monoisotopic (exact) mass is 499 g/mol. The molecule has 0 bridgehead atoms. The van der Waals surface area contributed by atoms with Crippen molar-refractivity contribution in [2.75, 3.05) is 20.2 Å². The fourth-order valence-corrected chi connectivity index (χ4v) is 3.63. The van der Waals surface area contributed by atoms with Gasteiger partial charge in [0.1, 0.15) is 17.4 Å². The van der Waals surface area contributed by atoms with Crippen LogP contribution in [0.1, 0.15) is 29.0 Å². The van der Waals surface area contributed by atoms with Gasteiger partial charge in [-0.1, -0.05) is 18.2 Å². The highest BCUT2D eigenvalue weighted by molar-refractivity contribution is 14.0. The van der Waals surface area contributed by atoms with Crippen LogP contribution in [-0.2, 0) is 12.8 Å². The highest BCUT2D eigenvalue weighted by atomic mass is 127. The van der Waals surface area contributed by atoms with Gasteiger partial charge in [0.15, 0.2) is 5.96 Å². The average molecular weight is 499 g/mol. The SMILES string of the molecule is CN=C(NCCc1ccc2c(c1)CCO2)NC1CC1c1c(F)cccc1F.I. The van der Waals surface area contributed by atoms with E-state index in [1.54, 1.807) is 7.05 Å². The van der Waals surface area contributed by atoms with Gasteiger partial charge in [0.25, 0.3) is 0 Å². The summed E-state index contributed by atoms with van der Waals surface area (Å²) in [6.07, 6.45) is 2.53. The summed E-state index contributed by atoms with van der Waals surface area (Å²) in [5.41, 5.74) is 2.69. The molecule has 150 valence electrons. The summed E-state index contributed by atoms with van der Waals surface area (Å²) in [5.74, 6) is 0.537. The molecule has 0 aromatic heterocycles. The van der Waals surface area contributed by atoms with Gasteiger partial charge in [-0.25, -0.2) is 8.78 Å². The smallest absolute Gasteiger partial charge is 0.191 e. The molecule has 1 saturated carbocycles. The van der Waals surface area contributed by atoms with E-state index in [0.717, 1.165) is 31.7 Å². The van der Waals surface area contributed by atoms with E-state index in [9.17, 15) is 8.78 Å². The highest BCUT2D eigenvalue weighted by Gasteiger charge is 2.42. The second-order valence-corrected chi connectivity index (χ2v) is 7.02. The number of rotatable bonds is 5. The van der Waals surface area contributed by atoms with E-state index in [1.807, 2.05) is 6.07 Å². The molecule has 2 aromatic carbocycles. The molecule has 0 spiro atoms. The summed E-state index contributed by atoms with van der Waals surface area (Å²) in [6.45, 7) is 1.49. The Hall–Kier alpha value is -1.90. The molecule has 2 aromatic rings. The van der Waals surface area contributed by atoms with E-state index in [4.69, 9.17) is 4.74 Å². The first-order valence-corrected chi connectivity index (χ1v) is 9.31. The maximum atomic E-state index is 13.9. The molecule has 1 fully saturated rings. The van der Waals surface area contributed by atoms with Gasteiger partial charge in [-0.2, -0.15) is 0 Å².